The number of pyridine rings is 1. The summed E-state index contributed by atoms with van der Waals surface area (Å²) in [5.74, 6) is 0. The maximum Gasteiger partial charge on any atom is 0.164 e. The van der Waals surface area contributed by atoms with Crippen LogP contribution in [0.2, 0.25) is 0 Å². The summed E-state index contributed by atoms with van der Waals surface area (Å²) in [6.07, 6.45) is 4.37. The zero-order valence-electron chi connectivity index (χ0n) is 14.1. The molecule has 0 saturated heterocycles. The first kappa shape index (κ1) is 15.8. The molecule has 0 atom stereocenters. The predicted octanol–water partition coefficient (Wildman–Crippen LogP) is 4.29. The van der Waals surface area contributed by atoms with Crippen LogP contribution in [0.3, 0.4) is 0 Å². The van der Waals surface area contributed by atoms with Gasteiger partial charge in [-0.05, 0) is 37.1 Å². The van der Waals surface area contributed by atoms with Gasteiger partial charge in [0.05, 0.1) is 5.69 Å². The molecule has 3 aromatic heterocycles. The SMILES string of the molecule is Cc1nc2c(-c3ccncc3)c(C)nn2c(S)c1Cc1ccccc1. The van der Waals surface area contributed by atoms with Gasteiger partial charge in [0, 0.05) is 35.6 Å². The first-order valence-electron chi connectivity index (χ1n) is 8.17. The molecule has 0 spiro atoms. The third kappa shape index (κ3) is 2.81. The van der Waals surface area contributed by atoms with E-state index in [1.165, 1.54) is 5.56 Å². The van der Waals surface area contributed by atoms with E-state index in [-0.39, 0.29) is 0 Å². The van der Waals surface area contributed by atoms with Gasteiger partial charge in [-0.2, -0.15) is 5.10 Å². The van der Waals surface area contributed by atoms with Gasteiger partial charge >= 0.3 is 0 Å². The Morgan fingerprint density at radius 1 is 0.960 bits per heavy atom. The second-order valence-electron chi connectivity index (χ2n) is 6.09. The average molecular weight is 346 g/mol. The molecular formula is C20H18N4S. The number of benzene rings is 1. The Kier molecular flexibility index (Phi) is 4.01. The maximum atomic E-state index is 4.86. The average Bonchev–Trinajstić information content (AvgIpc) is 2.96. The molecule has 1 aromatic carbocycles. The Morgan fingerprint density at radius 3 is 2.40 bits per heavy atom. The van der Waals surface area contributed by atoms with Gasteiger partial charge in [0.2, 0.25) is 0 Å². The van der Waals surface area contributed by atoms with Crippen molar-refractivity contribution in [2.24, 2.45) is 0 Å². The minimum atomic E-state index is 0.790. The smallest absolute Gasteiger partial charge is 0.164 e. The number of hydrogen-bond donors (Lipinski definition) is 1. The van der Waals surface area contributed by atoms with Crippen LogP contribution in [0.1, 0.15) is 22.5 Å². The Hall–Kier alpha value is -2.66. The maximum absolute atomic E-state index is 4.86. The number of aromatic nitrogens is 4. The van der Waals surface area contributed by atoms with E-state index in [1.807, 2.05) is 36.6 Å². The highest BCUT2D eigenvalue weighted by molar-refractivity contribution is 7.80. The van der Waals surface area contributed by atoms with Crippen LogP contribution in [0.5, 0.6) is 0 Å². The summed E-state index contributed by atoms with van der Waals surface area (Å²) in [5.41, 5.74) is 7.20. The second-order valence-corrected chi connectivity index (χ2v) is 6.52. The van der Waals surface area contributed by atoms with Crippen LogP contribution in [0, 0.1) is 13.8 Å². The standard InChI is InChI=1S/C20H18N4S/c1-13-17(12-15-6-4-3-5-7-15)20(25)24-19(22-13)18(14(2)23-24)16-8-10-21-11-9-16/h3-11,25H,12H2,1-2H3. The molecule has 4 rings (SSSR count). The van der Waals surface area contributed by atoms with E-state index in [4.69, 9.17) is 17.6 Å². The zero-order valence-corrected chi connectivity index (χ0v) is 15.0. The van der Waals surface area contributed by atoms with Crippen LogP contribution in [-0.4, -0.2) is 19.6 Å². The highest BCUT2D eigenvalue weighted by atomic mass is 32.1. The van der Waals surface area contributed by atoms with Gasteiger partial charge < -0.3 is 0 Å². The molecule has 0 unspecified atom stereocenters. The highest BCUT2D eigenvalue weighted by Crippen LogP contribution is 2.30. The molecule has 0 fully saturated rings. The topological polar surface area (TPSA) is 43.1 Å². The lowest BCUT2D eigenvalue weighted by atomic mass is 10.0. The van der Waals surface area contributed by atoms with Crippen molar-refractivity contribution in [1.82, 2.24) is 19.6 Å². The van der Waals surface area contributed by atoms with E-state index < -0.39 is 0 Å². The van der Waals surface area contributed by atoms with E-state index in [9.17, 15) is 0 Å². The molecule has 0 N–H and O–H groups in total. The highest BCUT2D eigenvalue weighted by Gasteiger charge is 2.18. The number of hydrogen-bond acceptors (Lipinski definition) is 4. The van der Waals surface area contributed by atoms with Crippen molar-refractivity contribution in [2.75, 3.05) is 0 Å². The molecule has 5 heteroatoms. The fourth-order valence-corrected chi connectivity index (χ4v) is 3.53. The summed E-state index contributed by atoms with van der Waals surface area (Å²) in [6, 6.07) is 14.3. The molecule has 4 aromatic rings. The van der Waals surface area contributed by atoms with Crippen LogP contribution < -0.4 is 0 Å². The van der Waals surface area contributed by atoms with Crippen molar-refractivity contribution in [3.05, 3.63) is 77.4 Å². The molecule has 124 valence electrons. The van der Waals surface area contributed by atoms with Gasteiger partial charge in [-0.25, -0.2) is 9.50 Å². The predicted molar refractivity (Wildman–Crippen MR) is 102 cm³/mol. The quantitative estimate of drug-likeness (QED) is 0.444. The second kappa shape index (κ2) is 6.33. The van der Waals surface area contributed by atoms with Crippen LogP contribution in [0.4, 0.5) is 0 Å². The summed E-state index contributed by atoms with van der Waals surface area (Å²) in [5, 5.41) is 5.53. The van der Waals surface area contributed by atoms with Crippen molar-refractivity contribution >= 4 is 18.3 Å². The van der Waals surface area contributed by atoms with Crippen molar-refractivity contribution in [1.29, 1.82) is 0 Å². The molecule has 0 amide bonds. The van der Waals surface area contributed by atoms with E-state index in [1.54, 1.807) is 12.4 Å². The van der Waals surface area contributed by atoms with Crippen molar-refractivity contribution in [3.63, 3.8) is 0 Å². The number of nitrogens with zero attached hydrogens (tertiary/aromatic N) is 4. The minimum absolute atomic E-state index is 0.790. The summed E-state index contributed by atoms with van der Waals surface area (Å²) in [4.78, 5) is 8.96. The van der Waals surface area contributed by atoms with Gasteiger partial charge in [-0.1, -0.05) is 30.3 Å². The van der Waals surface area contributed by atoms with E-state index in [0.717, 1.165) is 45.2 Å². The largest absolute Gasteiger partial charge is 0.265 e. The zero-order chi connectivity index (χ0) is 17.4. The monoisotopic (exact) mass is 346 g/mol. The van der Waals surface area contributed by atoms with Gasteiger partial charge in [0.1, 0.15) is 5.03 Å². The number of fused-ring (bicyclic) bond motifs is 1. The molecule has 3 heterocycles. The molecule has 4 nitrogen and oxygen atoms in total. The van der Waals surface area contributed by atoms with Crippen LogP contribution in [0.25, 0.3) is 16.8 Å². The molecule has 0 aliphatic heterocycles. The number of aryl methyl sites for hydroxylation is 2. The summed E-state index contributed by atoms with van der Waals surface area (Å²) in [7, 11) is 0. The van der Waals surface area contributed by atoms with E-state index >= 15 is 0 Å². The van der Waals surface area contributed by atoms with Gasteiger partial charge in [0.15, 0.2) is 5.65 Å². The van der Waals surface area contributed by atoms with Gasteiger partial charge in [-0.3, -0.25) is 4.98 Å². The molecule has 0 aliphatic carbocycles. The Balaban J connectivity index is 1.90. The van der Waals surface area contributed by atoms with E-state index in [0.29, 0.717) is 0 Å². The van der Waals surface area contributed by atoms with Crippen molar-refractivity contribution < 1.29 is 0 Å². The first-order valence-corrected chi connectivity index (χ1v) is 8.62. The molecule has 0 saturated carbocycles. The van der Waals surface area contributed by atoms with Gasteiger partial charge in [-0.15, -0.1) is 12.6 Å². The van der Waals surface area contributed by atoms with Gasteiger partial charge in [0.25, 0.3) is 0 Å². The summed E-state index contributed by atoms with van der Waals surface area (Å²) < 4.78 is 1.85. The van der Waals surface area contributed by atoms with Crippen LogP contribution >= 0.6 is 12.6 Å². The molecule has 0 aliphatic rings. The molecular weight excluding hydrogens is 328 g/mol. The fourth-order valence-electron chi connectivity index (χ4n) is 3.15. The Morgan fingerprint density at radius 2 is 1.68 bits per heavy atom. The molecule has 0 bridgehead atoms. The van der Waals surface area contributed by atoms with Crippen molar-refractivity contribution in [2.45, 2.75) is 25.3 Å². The first-order chi connectivity index (χ1) is 12.1. The lowest BCUT2D eigenvalue weighted by Gasteiger charge is -2.11. The third-order valence-electron chi connectivity index (χ3n) is 4.41. The van der Waals surface area contributed by atoms with Crippen LogP contribution in [0.15, 0.2) is 59.9 Å². The minimum Gasteiger partial charge on any atom is -0.265 e. The third-order valence-corrected chi connectivity index (χ3v) is 4.87. The summed E-state index contributed by atoms with van der Waals surface area (Å²) >= 11 is 4.79. The van der Waals surface area contributed by atoms with Crippen molar-refractivity contribution in [3.8, 4) is 11.1 Å². The lowest BCUT2D eigenvalue weighted by Crippen LogP contribution is -2.04. The lowest BCUT2D eigenvalue weighted by molar-refractivity contribution is 0.795. The molecule has 25 heavy (non-hydrogen) atoms. The number of rotatable bonds is 3. The normalized spacial score (nSPS) is 11.2. The van der Waals surface area contributed by atoms with E-state index in [2.05, 4.69) is 34.3 Å². The molecule has 0 radical (unpaired) electrons. The summed E-state index contributed by atoms with van der Waals surface area (Å²) in [6.45, 7) is 4.04. The van der Waals surface area contributed by atoms with Crippen LogP contribution in [-0.2, 0) is 6.42 Å². The number of thiol groups is 1. The fraction of sp³-hybridized carbons (Fsp3) is 0.150. The Labute approximate surface area is 152 Å². The Bertz CT molecular complexity index is 1040.